The Balaban J connectivity index is 1.70. The minimum atomic E-state index is -4.70. The molecule has 0 aliphatic rings. The molecule has 4 rings (SSSR count). The summed E-state index contributed by atoms with van der Waals surface area (Å²) in [6, 6.07) is 4.99. The minimum absolute atomic E-state index is 0.334. The van der Waals surface area contributed by atoms with Gasteiger partial charge in [-0.1, -0.05) is 11.8 Å². The van der Waals surface area contributed by atoms with E-state index in [-0.39, 0.29) is 0 Å². The number of hydrogen-bond acceptors (Lipinski definition) is 4. The van der Waals surface area contributed by atoms with Gasteiger partial charge in [0, 0.05) is 17.1 Å². The van der Waals surface area contributed by atoms with Crippen LogP contribution in [0.1, 0.15) is 11.1 Å². The van der Waals surface area contributed by atoms with E-state index in [1.807, 2.05) is 0 Å². The quantitative estimate of drug-likeness (QED) is 0.371. The number of benzene rings is 2. The van der Waals surface area contributed by atoms with Crippen molar-refractivity contribution in [1.82, 2.24) is 15.2 Å². The van der Waals surface area contributed by atoms with Crippen molar-refractivity contribution >= 4 is 26.7 Å². The van der Waals surface area contributed by atoms with Gasteiger partial charge in [0.2, 0.25) is 0 Å². The third-order valence-corrected chi connectivity index (χ3v) is 5.52. The third-order valence-electron chi connectivity index (χ3n) is 4.14. The summed E-state index contributed by atoms with van der Waals surface area (Å²) in [5, 5.41) is 7.08. The Morgan fingerprint density at radius 3 is 2.52 bits per heavy atom. The van der Waals surface area contributed by atoms with Crippen LogP contribution in [-0.2, 0) is 10.0 Å². The molecule has 0 saturated carbocycles. The summed E-state index contributed by atoms with van der Waals surface area (Å²) < 4.78 is 82.6. The highest BCUT2D eigenvalue weighted by atomic mass is 32.2. The summed E-state index contributed by atoms with van der Waals surface area (Å²) in [5.74, 6) is 0.248. The number of halogens is 4. The Morgan fingerprint density at radius 2 is 1.71 bits per heavy atom. The molecule has 0 atom stereocenters. The van der Waals surface area contributed by atoms with Gasteiger partial charge in [0.25, 0.3) is 10.0 Å². The van der Waals surface area contributed by atoms with Crippen LogP contribution in [0.5, 0.6) is 0 Å². The van der Waals surface area contributed by atoms with Crippen molar-refractivity contribution in [2.45, 2.75) is 4.90 Å². The normalized spacial score (nSPS) is 11.2. The fraction of sp³-hybridized carbons (Fsp3) is 0. The molecule has 2 aromatic carbocycles. The Hall–Kier alpha value is -3.91. The maximum atomic E-state index is 14.8. The van der Waals surface area contributed by atoms with Crippen LogP contribution in [0.15, 0.2) is 53.7 Å². The Labute approximate surface area is 173 Å². The molecule has 2 aromatic heterocycles. The first-order valence-electron chi connectivity index (χ1n) is 8.51. The number of aromatic nitrogens is 3. The molecular formula is C20H10F4N4O2S. The lowest BCUT2D eigenvalue weighted by Crippen LogP contribution is -2.16. The third kappa shape index (κ3) is 4.06. The van der Waals surface area contributed by atoms with Gasteiger partial charge < -0.3 is 0 Å². The molecule has 0 fully saturated rings. The summed E-state index contributed by atoms with van der Waals surface area (Å²) in [7, 11) is -4.70. The fourth-order valence-corrected chi connectivity index (χ4v) is 3.82. The van der Waals surface area contributed by atoms with Crippen LogP contribution in [0.3, 0.4) is 0 Å². The predicted octanol–water partition coefficient (Wildman–Crippen LogP) is 3.71. The number of aromatic amines is 1. The summed E-state index contributed by atoms with van der Waals surface area (Å²) in [5.41, 5.74) is -0.561. The molecule has 0 spiro atoms. The SMILES string of the molecule is O=S(=O)(Nc1ccc(F)c(C#Cc2cnc3[nH]ncc3c2)c1F)c1cc(F)ccc1F. The highest BCUT2D eigenvalue weighted by Crippen LogP contribution is 2.25. The average molecular weight is 446 g/mol. The molecule has 0 bridgehead atoms. The molecule has 0 amide bonds. The second kappa shape index (κ2) is 7.73. The number of rotatable bonds is 3. The van der Waals surface area contributed by atoms with Crippen molar-refractivity contribution < 1.29 is 26.0 Å². The summed E-state index contributed by atoms with van der Waals surface area (Å²) in [6.45, 7) is 0. The average Bonchev–Trinajstić information content (AvgIpc) is 3.19. The first-order chi connectivity index (χ1) is 14.7. The second-order valence-electron chi connectivity index (χ2n) is 6.25. The van der Waals surface area contributed by atoms with Crippen LogP contribution < -0.4 is 4.72 Å². The van der Waals surface area contributed by atoms with E-state index in [0.717, 1.165) is 18.2 Å². The lowest BCUT2D eigenvalue weighted by atomic mass is 10.1. The first-order valence-corrected chi connectivity index (χ1v) is 10.00. The Morgan fingerprint density at radius 1 is 0.935 bits per heavy atom. The van der Waals surface area contributed by atoms with E-state index >= 15 is 0 Å². The van der Waals surface area contributed by atoms with Gasteiger partial charge in [-0.05, 0) is 36.4 Å². The lowest BCUT2D eigenvalue weighted by molar-refractivity contribution is 0.554. The second-order valence-corrected chi connectivity index (χ2v) is 7.90. The van der Waals surface area contributed by atoms with Gasteiger partial charge >= 0.3 is 0 Å². The van der Waals surface area contributed by atoms with E-state index in [4.69, 9.17) is 0 Å². The highest BCUT2D eigenvalue weighted by Gasteiger charge is 2.23. The first kappa shape index (κ1) is 20.4. The van der Waals surface area contributed by atoms with Crippen molar-refractivity contribution in [1.29, 1.82) is 0 Å². The standard InChI is InChI=1S/C20H10F4N4O2S/c21-13-2-4-16(23)18(8-13)31(29,30)28-17-6-5-15(22)14(19(17)24)3-1-11-7-12-10-26-27-20(12)25-9-11/h2,4-10,28H,(H,25,26,27). The molecule has 0 radical (unpaired) electrons. The van der Waals surface area contributed by atoms with E-state index in [0.29, 0.717) is 28.7 Å². The monoisotopic (exact) mass is 446 g/mol. The molecule has 2 heterocycles. The number of fused-ring (bicyclic) bond motifs is 1. The van der Waals surface area contributed by atoms with Crippen LogP contribution in [0.4, 0.5) is 23.2 Å². The smallest absolute Gasteiger partial charge is 0.265 e. The van der Waals surface area contributed by atoms with Crippen molar-refractivity contribution in [3.05, 3.63) is 83.2 Å². The van der Waals surface area contributed by atoms with Crippen molar-refractivity contribution in [3.8, 4) is 11.8 Å². The lowest BCUT2D eigenvalue weighted by Gasteiger charge is -2.11. The molecule has 156 valence electrons. The number of nitrogens with one attached hydrogen (secondary N) is 2. The molecule has 11 heteroatoms. The van der Waals surface area contributed by atoms with E-state index in [1.54, 1.807) is 10.8 Å². The van der Waals surface area contributed by atoms with Crippen LogP contribution in [0.2, 0.25) is 0 Å². The van der Waals surface area contributed by atoms with Gasteiger partial charge in [-0.25, -0.2) is 31.0 Å². The van der Waals surface area contributed by atoms with Crippen LogP contribution in [-0.4, -0.2) is 23.6 Å². The van der Waals surface area contributed by atoms with Crippen LogP contribution >= 0.6 is 0 Å². The summed E-state index contributed by atoms with van der Waals surface area (Å²) in [4.78, 5) is 3.02. The largest absolute Gasteiger partial charge is 0.277 e. The molecule has 0 aliphatic carbocycles. The molecular weight excluding hydrogens is 436 g/mol. The van der Waals surface area contributed by atoms with Crippen molar-refractivity contribution in [2.24, 2.45) is 0 Å². The zero-order valence-corrected chi connectivity index (χ0v) is 16.1. The molecule has 0 unspecified atom stereocenters. The van der Waals surface area contributed by atoms with E-state index in [1.165, 1.54) is 12.4 Å². The molecule has 6 nitrogen and oxygen atoms in total. The topological polar surface area (TPSA) is 87.7 Å². The number of H-pyrrole nitrogens is 1. The Bertz CT molecular complexity index is 1490. The van der Waals surface area contributed by atoms with Crippen molar-refractivity contribution in [2.75, 3.05) is 4.72 Å². The fourth-order valence-electron chi connectivity index (χ4n) is 2.67. The van der Waals surface area contributed by atoms with Crippen molar-refractivity contribution in [3.63, 3.8) is 0 Å². The molecule has 0 aliphatic heterocycles. The summed E-state index contributed by atoms with van der Waals surface area (Å²) in [6.07, 6.45) is 2.86. The number of sulfonamides is 1. The predicted molar refractivity (Wildman–Crippen MR) is 103 cm³/mol. The van der Waals surface area contributed by atoms with E-state index in [9.17, 15) is 26.0 Å². The van der Waals surface area contributed by atoms with E-state index in [2.05, 4.69) is 27.0 Å². The van der Waals surface area contributed by atoms with Crippen LogP contribution in [0, 0.1) is 35.1 Å². The molecule has 0 saturated heterocycles. The maximum Gasteiger partial charge on any atom is 0.265 e. The zero-order chi connectivity index (χ0) is 22.2. The molecule has 2 N–H and O–H groups in total. The van der Waals surface area contributed by atoms with Crippen LogP contribution in [0.25, 0.3) is 11.0 Å². The van der Waals surface area contributed by atoms with Gasteiger partial charge in [0.1, 0.15) is 22.3 Å². The highest BCUT2D eigenvalue weighted by molar-refractivity contribution is 7.92. The van der Waals surface area contributed by atoms with Gasteiger partial charge in [-0.15, -0.1) is 0 Å². The zero-order valence-electron chi connectivity index (χ0n) is 15.2. The minimum Gasteiger partial charge on any atom is -0.277 e. The number of anilines is 1. The number of hydrogen-bond donors (Lipinski definition) is 2. The molecule has 4 aromatic rings. The van der Waals surface area contributed by atoms with Gasteiger partial charge in [0.05, 0.1) is 17.4 Å². The number of pyridine rings is 1. The van der Waals surface area contributed by atoms with Gasteiger partial charge in [0.15, 0.2) is 11.5 Å². The number of nitrogens with zero attached hydrogens (tertiary/aromatic N) is 2. The van der Waals surface area contributed by atoms with Gasteiger partial charge in [-0.3, -0.25) is 9.82 Å². The van der Waals surface area contributed by atoms with Gasteiger partial charge in [-0.2, -0.15) is 5.10 Å². The molecule has 31 heavy (non-hydrogen) atoms. The Kier molecular flexibility index (Phi) is 5.08. The van der Waals surface area contributed by atoms with E-state index < -0.39 is 49.4 Å². The maximum absolute atomic E-state index is 14.8. The summed E-state index contributed by atoms with van der Waals surface area (Å²) >= 11 is 0.